The Morgan fingerprint density at radius 2 is 2.05 bits per heavy atom. The van der Waals surface area contributed by atoms with Gasteiger partial charge in [0.1, 0.15) is 5.82 Å². The Hall–Kier alpha value is -1.13. The molecule has 0 fully saturated rings. The van der Waals surface area contributed by atoms with Gasteiger partial charge in [-0.1, -0.05) is 26.0 Å². The summed E-state index contributed by atoms with van der Waals surface area (Å²) in [6.45, 7) is 8.19. The summed E-state index contributed by atoms with van der Waals surface area (Å²) in [5.41, 5.74) is 1.57. The largest absolute Gasteiger partial charge is 0.395 e. The molecule has 1 rings (SSSR count). The van der Waals surface area contributed by atoms with Crippen molar-refractivity contribution < 1.29 is 9.50 Å². The van der Waals surface area contributed by atoms with Crippen LogP contribution in [0.5, 0.6) is 0 Å². The van der Waals surface area contributed by atoms with Gasteiger partial charge in [0.25, 0.3) is 0 Å². The van der Waals surface area contributed by atoms with Crippen molar-refractivity contribution in [2.45, 2.75) is 33.2 Å². The molecule has 0 saturated carbocycles. The number of aliphatic hydroxyl groups is 1. The summed E-state index contributed by atoms with van der Waals surface area (Å²) in [5, 5.41) is 12.5. The average Bonchev–Trinajstić information content (AvgIpc) is 2.38. The smallest absolute Gasteiger partial charge is 0.146 e. The quantitative estimate of drug-likeness (QED) is 0.761. The molecule has 0 aliphatic rings. The summed E-state index contributed by atoms with van der Waals surface area (Å²) in [7, 11) is 0. The first-order valence-electron chi connectivity index (χ1n) is 7.03. The molecule has 1 aromatic rings. The molecular formula is C15H25FN2O. The second kappa shape index (κ2) is 8.12. The molecule has 4 heteroatoms. The maximum atomic E-state index is 14.2. The zero-order valence-electron chi connectivity index (χ0n) is 12.1. The summed E-state index contributed by atoms with van der Waals surface area (Å²) < 4.78 is 14.2. The number of rotatable bonds is 8. The summed E-state index contributed by atoms with van der Waals surface area (Å²) in [4.78, 5) is 1.93. The van der Waals surface area contributed by atoms with Crippen LogP contribution in [0.2, 0.25) is 0 Å². The molecule has 0 saturated heterocycles. The summed E-state index contributed by atoms with van der Waals surface area (Å²) in [6.07, 6.45) is 0.920. The fourth-order valence-corrected chi connectivity index (χ4v) is 2.36. The molecule has 0 aromatic heterocycles. The van der Waals surface area contributed by atoms with Gasteiger partial charge in [-0.2, -0.15) is 0 Å². The highest BCUT2D eigenvalue weighted by atomic mass is 19.1. The molecule has 2 N–H and O–H groups in total. The maximum absolute atomic E-state index is 14.2. The monoisotopic (exact) mass is 268 g/mol. The van der Waals surface area contributed by atoms with E-state index < -0.39 is 0 Å². The summed E-state index contributed by atoms with van der Waals surface area (Å²) >= 11 is 0. The number of nitrogens with zero attached hydrogens (tertiary/aromatic N) is 1. The highest BCUT2D eigenvalue weighted by Crippen LogP contribution is 2.29. The lowest BCUT2D eigenvalue weighted by Gasteiger charge is -2.28. The van der Waals surface area contributed by atoms with Crippen LogP contribution in [0.25, 0.3) is 0 Å². The van der Waals surface area contributed by atoms with Crippen LogP contribution in [0.4, 0.5) is 10.1 Å². The van der Waals surface area contributed by atoms with Crippen molar-refractivity contribution in [1.82, 2.24) is 5.32 Å². The first-order valence-corrected chi connectivity index (χ1v) is 7.03. The molecule has 1 atom stereocenters. The van der Waals surface area contributed by atoms with E-state index in [0.29, 0.717) is 12.2 Å². The van der Waals surface area contributed by atoms with E-state index in [1.807, 2.05) is 24.8 Å². The maximum Gasteiger partial charge on any atom is 0.146 e. The van der Waals surface area contributed by atoms with Crippen molar-refractivity contribution in [3.63, 3.8) is 0 Å². The van der Waals surface area contributed by atoms with Gasteiger partial charge in [0.05, 0.1) is 12.3 Å². The lowest BCUT2D eigenvalue weighted by Crippen LogP contribution is -2.31. The van der Waals surface area contributed by atoms with Crippen molar-refractivity contribution in [2.75, 3.05) is 31.1 Å². The predicted molar refractivity (Wildman–Crippen MR) is 78.1 cm³/mol. The Morgan fingerprint density at radius 3 is 2.63 bits per heavy atom. The molecule has 19 heavy (non-hydrogen) atoms. The standard InChI is InChI=1S/C15H25FN2O/c1-4-9-18(10-11-19)15-13(12(3)17-5-2)7-6-8-14(15)16/h6-8,12,17,19H,4-5,9-11H2,1-3H3. The van der Waals surface area contributed by atoms with Crippen LogP contribution < -0.4 is 10.2 Å². The summed E-state index contributed by atoms with van der Waals surface area (Å²) in [5.74, 6) is -0.218. The first kappa shape index (κ1) is 15.9. The van der Waals surface area contributed by atoms with Gasteiger partial charge in [-0.25, -0.2) is 4.39 Å². The molecular weight excluding hydrogens is 243 g/mol. The van der Waals surface area contributed by atoms with E-state index in [9.17, 15) is 4.39 Å². The zero-order valence-corrected chi connectivity index (χ0v) is 12.1. The molecule has 108 valence electrons. The number of hydrogen-bond acceptors (Lipinski definition) is 3. The molecule has 0 amide bonds. The van der Waals surface area contributed by atoms with E-state index in [1.54, 1.807) is 6.07 Å². The minimum Gasteiger partial charge on any atom is -0.395 e. The van der Waals surface area contributed by atoms with E-state index in [4.69, 9.17) is 5.11 Å². The minimum absolute atomic E-state index is 0.0311. The fraction of sp³-hybridized carbons (Fsp3) is 0.600. The highest BCUT2D eigenvalue weighted by Gasteiger charge is 2.18. The number of aliphatic hydroxyl groups excluding tert-OH is 1. The van der Waals surface area contributed by atoms with Crippen LogP contribution in [-0.4, -0.2) is 31.3 Å². The van der Waals surface area contributed by atoms with Gasteiger partial charge in [0, 0.05) is 19.1 Å². The molecule has 0 spiro atoms. The summed E-state index contributed by atoms with van der Waals surface area (Å²) in [6, 6.07) is 5.27. The number of halogens is 1. The van der Waals surface area contributed by atoms with Crippen LogP contribution in [0.15, 0.2) is 18.2 Å². The third-order valence-corrected chi connectivity index (χ3v) is 3.17. The van der Waals surface area contributed by atoms with Crippen molar-refractivity contribution in [3.05, 3.63) is 29.6 Å². The fourth-order valence-electron chi connectivity index (χ4n) is 2.36. The number of hydrogen-bond donors (Lipinski definition) is 2. The lowest BCUT2D eigenvalue weighted by atomic mass is 10.0. The van der Waals surface area contributed by atoms with Crippen LogP contribution >= 0.6 is 0 Å². The third-order valence-electron chi connectivity index (χ3n) is 3.17. The highest BCUT2D eigenvalue weighted by molar-refractivity contribution is 5.56. The number of anilines is 1. The van der Waals surface area contributed by atoms with Gasteiger partial charge in [-0.3, -0.25) is 0 Å². The van der Waals surface area contributed by atoms with Crippen molar-refractivity contribution >= 4 is 5.69 Å². The normalized spacial score (nSPS) is 12.5. The van der Waals surface area contributed by atoms with Crippen molar-refractivity contribution in [2.24, 2.45) is 0 Å². The third kappa shape index (κ3) is 4.18. The van der Waals surface area contributed by atoms with Crippen LogP contribution in [-0.2, 0) is 0 Å². The van der Waals surface area contributed by atoms with Crippen LogP contribution in [0.1, 0.15) is 38.8 Å². The van der Waals surface area contributed by atoms with Gasteiger partial charge >= 0.3 is 0 Å². The van der Waals surface area contributed by atoms with Gasteiger partial charge in [-0.15, -0.1) is 0 Å². The Kier molecular flexibility index (Phi) is 6.81. The van der Waals surface area contributed by atoms with E-state index in [-0.39, 0.29) is 18.5 Å². The van der Waals surface area contributed by atoms with Crippen molar-refractivity contribution in [3.8, 4) is 0 Å². The van der Waals surface area contributed by atoms with E-state index in [1.165, 1.54) is 6.07 Å². The van der Waals surface area contributed by atoms with Gasteiger partial charge in [0.2, 0.25) is 0 Å². The van der Waals surface area contributed by atoms with Crippen LogP contribution in [0.3, 0.4) is 0 Å². The topological polar surface area (TPSA) is 35.5 Å². The molecule has 0 aliphatic heterocycles. The molecule has 0 bridgehead atoms. The second-order valence-corrected chi connectivity index (χ2v) is 4.67. The molecule has 0 heterocycles. The Bertz CT molecular complexity index is 378. The number of para-hydroxylation sites is 1. The molecule has 0 radical (unpaired) electrons. The SMILES string of the molecule is CCCN(CCO)c1c(F)cccc1C(C)NCC. The van der Waals surface area contributed by atoms with Gasteiger partial charge < -0.3 is 15.3 Å². The van der Waals surface area contributed by atoms with E-state index >= 15 is 0 Å². The van der Waals surface area contributed by atoms with Crippen molar-refractivity contribution in [1.29, 1.82) is 0 Å². The number of nitrogens with one attached hydrogen (secondary N) is 1. The second-order valence-electron chi connectivity index (χ2n) is 4.67. The Labute approximate surface area is 115 Å². The van der Waals surface area contributed by atoms with E-state index in [0.717, 1.165) is 25.1 Å². The first-order chi connectivity index (χ1) is 9.15. The number of benzene rings is 1. The Balaban J connectivity index is 3.13. The molecule has 1 aromatic carbocycles. The molecule has 1 unspecified atom stereocenters. The van der Waals surface area contributed by atoms with Gasteiger partial charge in [-0.05, 0) is 31.5 Å². The predicted octanol–water partition coefficient (Wildman–Crippen LogP) is 2.70. The lowest BCUT2D eigenvalue weighted by molar-refractivity contribution is 0.301. The zero-order chi connectivity index (χ0) is 14.3. The Morgan fingerprint density at radius 1 is 1.32 bits per heavy atom. The molecule has 3 nitrogen and oxygen atoms in total. The molecule has 0 aliphatic carbocycles. The van der Waals surface area contributed by atoms with Crippen LogP contribution in [0, 0.1) is 5.82 Å². The minimum atomic E-state index is -0.218. The van der Waals surface area contributed by atoms with Gasteiger partial charge in [0.15, 0.2) is 0 Å². The van der Waals surface area contributed by atoms with E-state index in [2.05, 4.69) is 12.2 Å². The average molecular weight is 268 g/mol.